The van der Waals surface area contributed by atoms with Crippen LogP contribution in [-0.4, -0.2) is 32.5 Å². The molecule has 0 aliphatic carbocycles. The molecular weight excluding hydrogens is 241 g/mol. The Balaban J connectivity index is 2.34. The van der Waals surface area contributed by atoms with Crippen LogP contribution >= 0.6 is 0 Å². The van der Waals surface area contributed by atoms with Crippen LogP contribution in [0.15, 0.2) is 24.3 Å². The summed E-state index contributed by atoms with van der Waals surface area (Å²) < 4.78 is 2.45. The summed E-state index contributed by atoms with van der Waals surface area (Å²) in [6.45, 7) is 2.41. The van der Waals surface area contributed by atoms with Crippen molar-refractivity contribution in [1.29, 1.82) is 0 Å². The summed E-state index contributed by atoms with van der Waals surface area (Å²) >= 11 is 1.55. The monoisotopic (exact) mass is 252 g/mol. The third-order valence-corrected chi connectivity index (χ3v) is 3.22. The summed E-state index contributed by atoms with van der Waals surface area (Å²) in [5, 5.41) is 0. The van der Waals surface area contributed by atoms with Gasteiger partial charge in [0, 0.05) is 0 Å². The third-order valence-electron chi connectivity index (χ3n) is 2.13. The SMILES string of the molecule is [Sn][N]1CCc2ccccc2C1. The Morgan fingerprint density at radius 1 is 1.18 bits per heavy atom. The Bertz CT molecular complexity index is 259. The van der Waals surface area contributed by atoms with Crippen molar-refractivity contribution in [3.63, 3.8) is 0 Å². The van der Waals surface area contributed by atoms with Gasteiger partial charge in [0.05, 0.1) is 0 Å². The molecule has 2 heteroatoms. The molecule has 1 aliphatic heterocycles. The van der Waals surface area contributed by atoms with E-state index in [0.717, 1.165) is 6.54 Å². The first-order chi connectivity index (χ1) is 5.36. The van der Waals surface area contributed by atoms with E-state index in [-0.39, 0.29) is 0 Å². The summed E-state index contributed by atoms with van der Waals surface area (Å²) in [6, 6.07) is 8.76. The average molecular weight is 251 g/mol. The molecule has 1 aliphatic rings. The summed E-state index contributed by atoms with van der Waals surface area (Å²) in [6.07, 6.45) is 1.24. The molecular formula is C9H10NSn. The molecule has 1 nitrogen and oxygen atoms in total. The van der Waals surface area contributed by atoms with Crippen molar-refractivity contribution in [2.24, 2.45) is 0 Å². The molecule has 0 spiro atoms. The average Bonchev–Trinajstić information content (AvgIpc) is 2.04. The molecule has 1 aromatic carbocycles. The number of hydrogen-bond donors (Lipinski definition) is 0. The van der Waals surface area contributed by atoms with Crippen LogP contribution in [0.4, 0.5) is 0 Å². The summed E-state index contributed by atoms with van der Waals surface area (Å²) in [5.74, 6) is 0. The second kappa shape index (κ2) is 3.15. The Labute approximate surface area is 80.8 Å². The molecule has 0 bridgehead atoms. The van der Waals surface area contributed by atoms with Gasteiger partial charge in [-0.25, -0.2) is 0 Å². The van der Waals surface area contributed by atoms with E-state index in [4.69, 9.17) is 0 Å². The summed E-state index contributed by atoms with van der Waals surface area (Å²) in [4.78, 5) is 0. The number of benzene rings is 1. The fourth-order valence-corrected chi connectivity index (χ4v) is 2.30. The molecule has 2 rings (SSSR count). The van der Waals surface area contributed by atoms with Crippen LogP contribution in [-0.2, 0) is 13.0 Å². The molecule has 3 radical (unpaired) electrons. The van der Waals surface area contributed by atoms with E-state index in [2.05, 4.69) is 27.4 Å². The summed E-state index contributed by atoms with van der Waals surface area (Å²) in [7, 11) is 0. The van der Waals surface area contributed by atoms with Crippen molar-refractivity contribution in [3.8, 4) is 0 Å². The van der Waals surface area contributed by atoms with Crippen molar-refractivity contribution in [2.75, 3.05) is 6.54 Å². The second-order valence-electron chi connectivity index (χ2n) is 2.94. The van der Waals surface area contributed by atoms with Gasteiger partial charge in [0.2, 0.25) is 0 Å². The maximum absolute atomic E-state index is 2.45. The zero-order chi connectivity index (χ0) is 7.68. The van der Waals surface area contributed by atoms with Gasteiger partial charge in [0.25, 0.3) is 0 Å². The van der Waals surface area contributed by atoms with Gasteiger partial charge in [0.15, 0.2) is 0 Å². The predicted octanol–water partition coefficient (Wildman–Crippen LogP) is 1.13. The number of hydrogen-bond acceptors (Lipinski definition) is 1. The van der Waals surface area contributed by atoms with Crippen LogP contribution in [0.3, 0.4) is 0 Å². The van der Waals surface area contributed by atoms with Gasteiger partial charge >= 0.3 is 80.8 Å². The van der Waals surface area contributed by atoms with E-state index in [1.165, 1.54) is 18.5 Å². The maximum atomic E-state index is 2.45. The van der Waals surface area contributed by atoms with Crippen LogP contribution in [0.25, 0.3) is 0 Å². The molecule has 0 N–H and O–H groups in total. The zero-order valence-corrected chi connectivity index (χ0v) is 9.23. The normalized spacial score (nSPS) is 17.9. The van der Waals surface area contributed by atoms with Gasteiger partial charge in [-0.05, 0) is 0 Å². The zero-order valence-electron chi connectivity index (χ0n) is 6.38. The van der Waals surface area contributed by atoms with E-state index >= 15 is 0 Å². The minimum atomic E-state index is 1.16. The van der Waals surface area contributed by atoms with Crippen LogP contribution in [0.5, 0.6) is 0 Å². The molecule has 11 heavy (non-hydrogen) atoms. The van der Waals surface area contributed by atoms with Gasteiger partial charge in [-0.1, -0.05) is 0 Å². The molecule has 0 aromatic heterocycles. The van der Waals surface area contributed by atoms with Crippen LogP contribution < -0.4 is 0 Å². The van der Waals surface area contributed by atoms with Crippen molar-refractivity contribution < 1.29 is 0 Å². The van der Waals surface area contributed by atoms with Gasteiger partial charge in [-0.3, -0.25) is 0 Å². The first kappa shape index (κ1) is 7.62. The molecule has 1 aromatic rings. The number of nitrogens with zero attached hydrogens (tertiary/aromatic N) is 1. The van der Waals surface area contributed by atoms with Crippen molar-refractivity contribution in [3.05, 3.63) is 35.4 Å². The van der Waals surface area contributed by atoms with E-state index in [1.807, 2.05) is 0 Å². The Kier molecular flexibility index (Phi) is 2.18. The molecule has 0 fully saturated rings. The number of rotatable bonds is 0. The van der Waals surface area contributed by atoms with Crippen molar-refractivity contribution >= 4 is 22.8 Å². The van der Waals surface area contributed by atoms with Crippen LogP contribution in [0.1, 0.15) is 11.1 Å². The fraction of sp³-hybridized carbons (Fsp3) is 0.333. The third kappa shape index (κ3) is 1.59. The molecule has 0 unspecified atom stereocenters. The molecule has 1 heterocycles. The Morgan fingerprint density at radius 2 is 1.91 bits per heavy atom. The quantitative estimate of drug-likeness (QED) is 0.624. The number of fused-ring (bicyclic) bond motifs is 1. The first-order valence-electron chi connectivity index (χ1n) is 3.89. The summed E-state index contributed by atoms with van der Waals surface area (Å²) in [5.41, 5.74) is 3.07. The minimum absolute atomic E-state index is 1.16. The van der Waals surface area contributed by atoms with E-state index in [1.54, 1.807) is 28.4 Å². The Hall–Kier alpha value is -0.0213. The fourth-order valence-electron chi connectivity index (χ4n) is 1.50. The second-order valence-corrected chi connectivity index (χ2v) is 4.75. The van der Waals surface area contributed by atoms with Crippen molar-refractivity contribution in [1.82, 2.24) is 3.12 Å². The van der Waals surface area contributed by atoms with Crippen LogP contribution in [0.2, 0.25) is 0 Å². The molecule has 0 atom stereocenters. The first-order valence-corrected chi connectivity index (χ1v) is 5.17. The van der Waals surface area contributed by atoms with Crippen LogP contribution in [0, 0.1) is 0 Å². The topological polar surface area (TPSA) is 3.24 Å². The van der Waals surface area contributed by atoms with Gasteiger partial charge in [0.1, 0.15) is 0 Å². The molecule has 0 amide bonds. The van der Waals surface area contributed by atoms with E-state index in [0.29, 0.717) is 0 Å². The van der Waals surface area contributed by atoms with Gasteiger partial charge in [-0.15, -0.1) is 0 Å². The van der Waals surface area contributed by atoms with E-state index in [9.17, 15) is 0 Å². The molecule has 55 valence electrons. The van der Waals surface area contributed by atoms with Gasteiger partial charge < -0.3 is 0 Å². The van der Waals surface area contributed by atoms with Crippen molar-refractivity contribution in [2.45, 2.75) is 13.0 Å². The molecule has 0 saturated carbocycles. The van der Waals surface area contributed by atoms with Gasteiger partial charge in [-0.2, -0.15) is 0 Å². The van der Waals surface area contributed by atoms with E-state index < -0.39 is 0 Å². The molecule has 0 saturated heterocycles. The standard InChI is InChI=1S/C9H10N.Sn/c1-2-4-9-7-10-6-5-8(9)3-1;/h1-4H,5-7H2;/q-1;+1. The Morgan fingerprint density at radius 3 is 2.73 bits per heavy atom. The predicted molar refractivity (Wildman–Crippen MR) is 46.3 cm³/mol.